The molecule has 0 saturated carbocycles. The van der Waals surface area contributed by atoms with Crippen LogP contribution < -0.4 is 19.1 Å². The van der Waals surface area contributed by atoms with Crippen LogP contribution in [-0.4, -0.2) is 64.7 Å². The number of hydrogen-bond acceptors (Lipinski definition) is 6. The van der Waals surface area contributed by atoms with Gasteiger partial charge in [0.1, 0.15) is 18.4 Å². The van der Waals surface area contributed by atoms with Gasteiger partial charge in [0.2, 0.25) is 21.8 Å². The molecule has 2 amide bonds. The van der Waals surface area contributed by atoms with E-state index in [1.807, 2.05) is 13.8 Å². The fourth-order valence-corrected chi connectivity index (χ4v) is 4.56. The first-order valence-electron chi connectivity index (χ1n) is 11.9. The zero-order chi connectivity index (χ0) is 27.8. The molecule has 2 rings (SSSR count). The van der Waals surface area contributed by atoms with E-state index in [4.69, 9.17) is 9.47 Å². The molecule has 37 heavy (non-hydrogen) atoms. The minimum absolute atomic E-state index is 0.00372. The van der Waals surface area contributed by atoms with Gasteiger partial charge in [0, 0.05) is 19.2 Å². The van der Waals surface area contributed by atoms with E-state index in [0.717, 1.165) is 10.6 Å². The largest absolute Gasteiger partial charge is 0.493 e. The maximum atomic E-state index is 13.7. The highest BCUT2D eigenvalue weighted by Gasteiger charge is 2.32. The Morgan fingerprint density at radius 3 is 2.16 bits per heavy atom. The van der Waals surface area contributed by atoms with Crippen molar-refractivity contribution < 1.29 is 31.9 Å². The number of ether oxygens (including phenoxy) is 2. The Morgan fingerprint density at radius 2 is 1.65 bits per heavy atom. The summed E-state index contributed by atoms with van der Waals surface area (Å²) in [5.41, 5.74) is 0.800. The van der Waals surface area contributed by atoms with E-state index in [-0.39, 0.29) is 24.1 Å². The number of hydrogen-bond donors (Lipinski definition) is 1. The van der Waals surface area contributed by atoms with E-state index in [2.05, 4.69) is 5.32 Å². The molecule has 2 aromatic carbocycles. The Kier molecular flexibility index (Phi) is 10.7. The third kappa shape index (κ3) is 8.34. The van der Waals surface area contributed by atoms with Gasteiger partial charge in [-0.25, -0.2) is 12.8 Å². The first kappa shape index (κ1) is 29.9. The van der Waals surface area contributed by atoms with Crippen molar-refractivity contribution in [3.63, 3.8) is 0 Å². The van der Waals surface area contributed by atoms with Gasteiger partial charge in [0.05, 0.1) is 26.2 Å². The van der Waals surface area contributed by atoms with E-state index in [1.165, 1.54) is 55.5 Å². The summed E-state index contributed by atoms with van der Waals surface area (Å²) in [5, 5.41) is 2.85. The number of benzene rings is 2. The van der Waals surface area contributed by atoms with Gasteiger partial charge in [-0.3, -0.25) is 13.9 Å². The fourth-order valence-electron chi connectivity index (χ4n) is 3.72. The average Bonchev–Trinajstić information content (AvgIpc) is 2.85. The third-order valence-corrected chi connectivity index (χ3v) is 6.81. The Bertz CT molecular complexity index is 1170. The molecule has 0 saturated heterocycles. The van der Waals surface area contributed by atoms with Crippen LogP contribution in [0, 0.1) is 11.7 Å². The van der Waals surface area contributed by atoms with E-state index in [0.29, 0.717) is 30.0 Å². The zero-order valence-electron chi connectivity index (χ0n) is 22.2. The summed E-state index contributed by atoms with van der Waals surface area (Å²) in [4.78, 5) is 28.1. The summed E-state index contributed by atoms with van der Waals surface area (Å²) in [6.07, 6.45) is 1.29. The monoisotopic (exact) mass is 537 g/mol. The second-order valence-corrected chi connectivity index (χ2v) is 10.9. The lowest BCUT2D eigenvalue weighted by Gasteiger charge is -2.33. The lowest BCUT2D eigenvalue weighted by molar-refractivity contribution is -0.140. The van der Waals surface area contributed by atoms with Crippen molar-refractivity contribution in [2.45, 2.75) is 39.8 Å². The van der Waals surface area contributed by atoms with Gasteiger partial charge >= 0.3 is 0 Å². The normalized spacial score (nSPS) is 12.1. The SMILES string of the molecule is CC[C@@H](C(=O)NCC(C)C)N(Cc1ccc(F)cc1)C(=O)CN(c1ccc(OC)c(OC)c1)S(C)(=O)=O. The first-order chi connectivity index (χ1) is 17.4. The number of nitrogens with zero attached hydrogens (tertiary/aromatic N) is 2. The molecule has 0 bridgehead atoms. The van der Waals surface area contributed by atoms with Crippen molar-refractivity contribution in [1.29, 1.82) is 0 Å². The molecule has 9 nitrogen and oxygen atoms in total. The minimum atomic E-state index is -3.90. The summed E-state index contributed by atoms with van der Waals surface area (Å²) >= 11 is 0. The summed E-state index contributed by atoms with van der Waals surface area (Å²) in [5.74, 6) is -0.464. The Balaban J connectivity index is 2.46. The lowest BCUT2D eigenvalue weighted by atomic mass is 10.1. The highest BCUT2D eigenvalue weighted by molar-refractivity contribution is 7.92. The van der Waals surface area contributed by atoms with Crippen molar-refractivity contribution in [3.8, 4) is 11.5 Å². The average molecular weight is 538 g/mol. The summed E-state index contributed by atoms with van der Waals surface area (Å²) in [7, 11) is -1.03. The van der Waals surface area contributed by atoms with Gasteiger partial charge in [-0.1, -0.05) is 32.9 Å². The molecule has 0 radical (unpaired) electrons. The van der Waals surface area contributed by atoms with Gasteiger partial charge in [-0.05, 0) is 42.2 Å². The molecule has 0 aromatic heterocycles. The minimum Gasteiger partial charge on any atom is -0.493 e. The van der Waals surface area contributed by atoms with Crippen LogP contribution in [0.1, 0.15) is 32.8 Å². The lowest BCUT2D eigenvalue weighted by Crippen LogP contribution is -2.52. The molecule has 1 N–H and O–H groups in total. The van der Waals surface area contributed by atoms with Crippen LogP contribution in [-0.2, 0) is 26.2 Å². The number of anilines is 1. The highest BCUT2D eigenvalue weighted by atomic mass is 32.2. The maximum absolute atomic E-state index is 13.7. The van der Waals surface area contributed by atoms with Crippen LogP contribution in [0.5, 0.6) is 11.5 Å². The van der Waals surface area contributed by atoms with Crippen molar-refractivity contribution >= 4 is 27.5 Å². The van der Waals surface area contributed by atoms with Crippen LogP contribution in [0.4, 0.5) is 10.1 Å². The number of nitrogens with one attached hydrogen (secondary N) is 1. The molecule has 0 unspecified atom stereocenters. The summed E-state index contributed by atoms with van der Waals surface area (Å²) < 4.78 is 50.5. The van der Waals surface area contributed by atoms with E-state index in [9.17, 15) is 22.4 Å². The van der Waals surface area contributed by atoms with Crippen molar-refractivity contribution in [2.75, 3.05) is 37.9 Å². The maximum Gasteiger partial charge on any atom is 0.244 e. The molecule has 2 aromatic rings. The topological polar surface area (TPSA) is 105 Å². The van der Waals surface area contributed by atoms with Crippen LogP contribution in [0.3, 0.4) is 0 Å². The van der Waals surface area contributed by atoms with Crippen LogP contribution >= 0.6 is 0 Å². The molecule has 0 heterocycles. The number of methoxy groups -OCH3 is 2. The van der Waals surface area contributed by atoms with Gasteiger partial charge in [-0.15, -0.1) is 0 Å². The fraction of sp³-hybridized carbons (Fsp3) is 0.462. The number of carbonyl (C=O) groups is 2. The van der Waals surface area contributed by atoms with Crippen LogP contribution in [0.2, 0.25) is 0 Å². The second kappa shape index (κ2) is 13.3. The number of sulfonamides is 1. The Morgan fingerprint density at radius 1 is 1.03 bits per heavy atom. The highest BCUT2D eigenvalue weighted by Crippen LogP contribution is 2.32. The predicted octanol–water partition coefficient (Wildman–Crippen LogP) is 3.19. The van der Waals surface area contributed by atoms with E-state index >= 15 is 0 Å². The van der Waals surface area contributed by atoms with Crippen molar-refractivity contribution in [1.82, 2.24) is 10.2 Å². The smallest absolute Gasteiger partial charge is 0.244 e. The first-order valence-corrected chi connectivity index (χ1v) is 13.8. The number of amides is 2. The number of rotatable bonds is 13. The molecule has 0 aliphatic carbocycles. The van der Waals surface area contributed by atoms with Crippen molar-refractivity contribution in [3.05, 3.63) is 53.8 Å². The molecule has 11 heteroatoms. The molecule has 0 aliphatic rings. The molecular formula is C26H36FN3O6S. The number of halogens is 1. The van der Waals surface area contributed by atoms with Gasteiger partial charge in [-0.2, -0.15) is 0 Å². The molecule has 0 spiro atoms. The number of carbonyl (C=O) groups excluding carboxylic acids is 2. The standard InChI is InChI=1S/C26H36FN3O6S/c1-7-22(26(32)28-15-18(2)3)29(16-19-8-10-20(27)11-9-19)25(31)17-30(37(6,33)34)21-12-13-23(35-4)24(14-21)36-5/h8-14,18,22H,7,15-17H2,1-6H3,(H,28,32)/t22-/m0/s1. The zero-order valence-corrected chi connectivity index (χ0v) is 23.0. The summed E-state index contributed by atoms with van der Waals surface area (Å²) in [6, 6.07) is 9.24. The van der Waals surface area contributed by atoms with Gasteiger partial charge in [0.25, 0.3) is 0 Å². The quantitative estimate of drug-likeness (QED) is 0.421. The van der Waals surface area contributed by atoms with Gasteiger partial charge < -0.3 is 19.7 Å². The van der Waals surface area contributed by atoms with E-state index in [1.54, 1.807) is 13.0 Å². The summed E-state index contributed by atoms with van der Waals surface area (Å²) in [6.45, 7) is 5.55. The predicted molar refractivity (Wildman–Crippen MR) is 141 cm³/mol. The van der Waals surface area contributed by atoms with Gasteiger partial charge in [0.15, 0.2) is 11.5 Å². The third-order valence-electron chi connectivity index (χ3n) is 5.67. The molecular weight excluding hydrogens is 501 g/mol. The van der Waals surface area contributed by atoms with Crippen LogP contribution in [0.15, 0.2) is 42.5 Å². The molecule has 1 atom stereocenters. The molecule has 0 fully saturated rings. The van der Waals surface area contributed by atoms with Crippen molar-refractivity contribution in [2.24, 2.45) is 5.92 Å². The Labute approximate surface area is 218 Å². The van der Waals surface area contributed by atoms with E-state index < -0.39 is 34.3 Å². The molecule has 204 valence electrons. The second-order valence-electron chi connectivity index (χ2n) is 9.02. The Hall–Kier alpha value is -3.34. The molecule has 0 aliphatic heterocycles. The van der Waals surface area contributed by atoms with Crippen LogP contribution in [0.25, 0.3) is 0 Å².